The third kappa shape index (κ3) is 2.68. The zero-order valence-corrected chi connectivity index (χ0v) is 17.0. The summed E-state index contributed by atoms with van der Waals surface area (Å²) < 4.78 is 11.3. The van der Waals surface area contributed by atoms with Crippen molar-refractivity contribution in [1.29, 1.82) is 0 Å². The van der Waals surface area contributed by atoms with Crippen molar-refractivity contribution >= 4 is 10.9 Å². The average molecular weight is 389 g/mol. The van der Waals surface area contributed by atoms with E-state index in [1.807, 2.05) is 0 Å². The van der Waals surface area contributed by atoms with Crippen LogP contribution in [0.3, 0.4) is 0 Å². The predicted octanol–water partition coefficient (Wildman–Crippen LogP) is 3.94. The van der Waals surface area contributed by atoms with Crippen LogP contribution in [0.25, 0.3) is 10.9 Å². The lowest BCUT2D eigenvalue weighted by Gasteiger charge is -2.49. The van der Waals surface area contributed by atoms with Crippen LogP contribution in [0, 0.1) is 0 Å². The van der Waals surface area contributed by atoms with Gasteiger partial charge >= 0.3 is 0 Å². The second kappa shape index (κ2) is 6.51. The summed E-state index contributed by atoms with van der Waals surface area (Å²) in [6.45, 7) is 8.26. The summed E-state index contributed by atoms with van der Waals surface area (Å²) in [5, 5.41) is 1.37. The highest BCUT2D eigenvalue weighted by molar-refractivity contribution is 5.85. The number of para-hydroxylation sites is 1. The molecule has 2 aromatic carbocycles. The number of aromatic nitrogens is 1. The molecule has 1 aromatic heterocycles. The number of hydrogen-bond donors (Lipinski definition) is 1. The fourth-order valence-electron chi connectivity index (χ4n) is 5.40. The van der Waals surface area contributed by atoms with Crippen LogP contribution >= 0.6 is 0 Å². The summed E-state index contributed by atoms with van der Waals surface area (Å²) in [5.41, 5.74) is 5.35. The van der Waals surface area contributed by atoms with Crippen LogP contribution in [0.15, 0.2) is 42.5 Å². The smallest absolute Gasteiger partial charge is 0.231 e. The van der Waals surface area contributed by atoms with E-state index >= 15 is 0 Å². The van der Waals surface area contributed by atoms with Crippen molar-refractivity contribution in [2.45, 2.75) is 38.4 Å². The SMILES string of the molecule is CC(C)N1CCN2[C@H](Cc3c([nH]c4ccccc34)[C@H]2c2ccc3c(c2)OCO3)C1. The number of ether oxygens (including phenoxy) is 2. The number of aromatic amines is 1. The third-order valence-electron chi connectivity index (χ3n) is 6.89. The van der Waals surface area contributed by atoms with Crippen molar-refractivity contribution in [1.82, 2.24) is 14.8 Å². The summed E-state index contributed by atoms with van der Waals surface area (Å²) in [6.07, 6.45) is 1.10. The minimum absolute atomic E-state index is 0.222. The van der Waals surface area contributed by atoms with Crippen LogP contribution in [-0.2, 0) is 6.42 Å². The molecule has 0 unspecified atom stereocenters. The van der Waals surface area contributed by atoms with Crippen LogP contribution in [0.4, 0.5) is 0 Å². The first-order valence-corrected chi connectivity index (χ1v) is 10.7. The molecule has 0 saturated carbocycles. The quantitative estimate of drug-likeness (QED) is 0.721. The van der Waals surface area contributed by atoms with Gasteiger partial charge in [0.2, 0.25) is 6.79 Å². The molecule has 1 fully saturated rings. The fourth-order valence-corrected chi connectivity index (χ4v) is 5.40. The van der Waals surface area contributed by atoms with Crippen molar-refractivity contribution in [2.24, 2.45) is 0 Å². The second-order valence-corrected chi connectivity index (χ2v) is 8.76. The van der Waals surface area contributed by atoms with Crippen LogP contribution in [0.2, 0.25) is 0 Å². The Labute approximate surface area is 171 Å². The topological polar surface area (TPSA) is 40.7 Å². The number of benzene rings is 2. The van der Waals surface area contributed by atoms with Gasteiger partial charge in [0.05, 0.1) is 6.04 Å². The van der Waals surface area contributed by atoms with Gasteiger partial charge in [0, 0.05) is 48.3 Å². The van der Waals surface area contributed by atoms with Gasteiger partial charge in [-0.3, -0.25) is 9.80 Å². The Hall–Kier alpha value is -2.50. The minimum Gasteiger partial charge on any atom is -0.454 e. The average Bonchev–Trinajstić information content (AvgIpc) is 3.35. The third-order valence-corrected chi connectivity index (χ3v) is 6.89. The van der Waals surface area contributed by atoms with Crippen molar-refractivity contribution in [3.8, 4) is 11.5 Å². The Kier molecular flexibility index (Phi) is 3.90. The molecule has 0 spiro atoms. The molecule has 5 nitrogen and oxygen atoms in total. The maximum absolute atomic E-state index is 5.70. The normalized spacial score (nSPS) is 24.1. The summed E-state index contributed by atoms with van der Waals surface area (Å²) in [7, 11) is 0. The van der Waals surface area contributed by atoms with Gasteiger partial charge in [0.25, 0.3) is 0 Å². The van der Waals surface area contributed by atoms with Gasteiger partial charge in [0.15, 0.2) is 11.5 Å². The first-order valence-electron chi connectivity index (χ1n) is 10.7. The van der Waals surface area contributed by atoms with Crippen LogP contribution in [0.1, 0.15) is 36.7 Å². The molecule has 4 heterocycles. The lowest BCUT2D eigenvalue weighted by Crippen LogP contribution is -2.58. The molecule has 0 aliphatic carbocycles. The summed E-state index contributed by atoms with van der Waals surface area (Å²) in [4.78, 5) is 9.10. The standard InChI is InChI=1S/C24H27N3O2/c1-15(2)26-9-10-27-17(13-26)12-19-18-5-3-4-6-20(18)25-23(19)24(27)16-7-8-21-22(11-16)29-14-28-21/h3-8,11,15,17,24-25H,9-10,12-14H2,1-2H3/t17-,24-/m1/s1. The molecule has 1 saturated heterocycles. The molecule has 3 aromatic rings. The van der Waals surface area contributed by atoms with E-state index < -0.39 is 0 Å². The lowest BCUT2D eigenvalue weighted by atomic mass is 9.86. The lowest BCUT2D eigenvalue weighted by molar-refractivity contribution is 0.0285. The Bertz CT molecular complexity index is 1070. The molecule has 3 aliphatic rings. The highest BCUT2D eigenvalue weighted by atomic mass is 16.7. The van der Waals surface area contributed by atoms with E-state index in [1.54, 1.807) is 0 Å². The van der Waals surface area contributed by atoms with E-state index in [0.29, 0.717) is 18.9 Å². The number of rotatable bonds is 2. The van der Waals surface area contributed by atoms with Crippen molar-refractivity contribution in [3.63, 3.8) is 0 Å². The Morgan fingerprint density at radius 2 is 1.90 bits per heavy atom. The first-order chi connectivity index (χ1) is 14.2. The highest BCUT2D eigenvalue weighted by Crippen LogP contribution is 2.44. The molecule has 2 atom stereocenters. The zero-order chi connectivity index (χ0) is 19.5. The monoisotopic (exact) mass is 389 g/mol. The van der Waals surface area contributed by atoms with Gasteiger partial charge in [-0.25, -0.2) is 0 Å². The number of nitrogens with zero attached hydrogens (tertiary/aromatic N) is 2. The molecule has 0 amide bonds. The molecule has 29 heavy (non-hydrogen) atoms. The molecule has 1 N–H and O–H groups in total. The second-order valence-electron chi connectivity index (χ2n) is 8.76. The number of nitrogens with one attached hydrogen (secondary N) is 1. The summed E-state index contributed by atoms with van der Waals surface area (Å²) >= 11 is 0. The first kappa shape index (κ1) is 17.4. The molecule has 0 bridgehead atoms. The molecule has 5 heteroatoms. The molecular formula is C24H27N3O2. The number of piperazine rings is 1. The van der Waals surface area contributed by atoms with Gasteiger partial charge in [-0.1, -0.05) is 24.3 Å². The Balaban J connectivity index is 1.49. The molecule has 0 radical (unpaired) electrons. The van der Waals surface area contributed by atoms with Crippen LogP contribution < -0.4 is 9.47 Å². The maximum atomic E-state index is 5.70. The van der Waals surface area contributed by atoms with Crippen molar-refractivity contribution in [3.05, 3.63) is 59.3 Å². The van der Waals surface area contributed by atoms with Gasteiger partial charge in [-0.05, 0) is 49.6 Å². The highest BCUT2D eigenvalue weighted by Gasteiger charge is 2.41. The molecule has 150 valence electrons. The van der Waals surface area contributed by atoms with Gasteiger partial charge in [-0.2, -0.15) is 0 Å². The van der Waals surface area contributed by atoms with E-state index in [9.17, 15) is 0 Å². The Morgan fingerprint density at radius 3 is 2.79 bits per heavy atom. The van der Waals surface area contributed by atoms with Crippen molar-refractivity contribution in [2.75, 3.05) is 26.4 Å². The van der Waals surface area contributed by atoms with E-state index in [2.05, 4.69) is 71.1 Å². The molecule has 3 aliphatic heterocycles. The van der Waals surface area contributed by atoms with Gasteiger partial charge in [0.1, 0.15) is 0 Å². The van der Waals surface area contributed by atoms with E-state index in [4.69, 9.17) is 9.47 Å². The fraction of sp³-hybridized carbons (Fsp3) is 0.417. The van der Waals surface area contributed by atoms with Crippen LogP contribution in [-0.4, -0.2) is 53.3 Å². The van der Waals surface area contributed by atoms with E-state index in [-0.39, 0.29) is 6.04 Å². The Morgan fingerprint density at radius 1 is 1.03 bits per heavy atom. The zero-order valence-electron chi connectivity index (χ0n) is 17.0. The predicted molar refractivity (Wildman–Crippen MR) is 114 cm³/mol. The summed E-state index contributed by atoms with van der Waals surface area (Å²) in [5.74, 6) is 1.71. The minimum atomic E-state index is 0.222. The summed E-state index contributed by atoms with van der Waals surface area (Å²) in [6, 6.07) is 16.5. The van der Waals surface area contributed by atoms with Crippen LogP contribution in [0.5, 0.6) is 11.5 Å². The maximum Gasteiger partial charge on any atom is 0.231 e. The van der Waals surface area contributed by atoms with E-state index in [1.165, 1.54) is 27.7 Å². The number of H-pyrrole nitrogens is 1. The largest absolute Gasteiger partial charge is 0.454 e. The van der Waals surface area contributed by atoms with E-state index in [0.717, 1.165) is 37.6 Å². The van der Waals surface area contributed by atoms with Gasteiger partial charge in [-0.15, -0.1) is 0 Å². The molecule has 6 rings (SSSR count). The van der Waals surface area contributed by atoms with Gasteiger partial charge < -0.3 is 14.5 Å². The molecular weight excluding hydrogens is 362 g/mol. The number of fused-ring (bicyclic) bond motifs is 5. The van der Waals surface area contributed by atoms with Crippen molar-refractivity contribution < 1.29 is 9.47 Å². The number of hydrogen-bond acceptors (Lipinski definition) is 4.